The summed E-state index contributed by atoms with van der Waals surface area (Å²) in [5, 5.41) is 16.0. The van der Waals surface area contributed by atoms with Gasteiger partial charge in [-0.3, -0.25) is 24.6 Å². The van der Waals surface area contributed by atoms with E-state index in [1.54, 1.807) is 19.1 Å². The fraction of sp³-hybridized carbons (Fsp3) is 0.318. The van der Waals surface area contributed by atoms with Crippen LogP contribution in [0.5, 0.6) is 0 Å². The monoisotopic (exact) mass is 442 g/mol. The number of nitro groups is 1. The summed E-state index contributed by atoms with van der Waals surface area (Å²) in [6.45, 7) is 7.05. The van der Waals surface area contributed by atoms with E-state index >= 15 is 0 Å². The minimum atomic E-state index is -1.37. The number of benzene rings is 2. The van der Waals surface area contributed by atoms with E-state index in [-0.39, 0.29) is 11.1 Å². The number of nitrogens with zero attached hydrogens (tertiary/aromatic N) is 2. The predicted octanol–water partition coefficient (Wildman–Crippen LogP) is 3.44. The maximum atomic E-state index is 13.3. The number of rotatable bonds is 5. The first kappa shape index (κ1) is 22.9. The van der Waals surface area contributed by atoms with Crippen LogP contribution in [0.15, 0.2) is 42.5 Å². The molecule has 2 aromatic rings. The molecule has 2 aromatic carbocycles. The number of urea groups is 1. The highest BCUT2D eigenvalue weighted by molar-refractivity contribution is 6.10. The Morgan fingerprint density at radius 1 is 1.19 bits per heavy atom. The second-order valence-electron chi connectivity index (χ2n) is 8.74. The summed E-state index contributed by atoms with van der Waals surface area (Å²) >= 11 is 0. The Morgan fingerprint density at radius 3 is 2.38 bits per heavy atom. The average molecular weight is 442 g/mol. The Morgan fingerprint density at radius 2 is 1.81 bits per heavy atom. The molecule has 1 aliphatic rings. The summed E-state index contributed by atoms with van der Waals surface area (Å²) in [5.41, 5.74) is -0.724. The van der Waals surface area contributed by atoms with Crippen molar-refractivity contribution in [3.8, 4) is 0 Å². The topological polar surface area (TPSA) is 122 Å². The van der Waals surface area contributed by atoms with E-state index < -0.39 is 46.4 Å². The summed E-state index contributed by atoms with van der Waals surface area (Å²) in [5.74, 6) is -2.30. The van der Waals surface area contributed by atoms with E-state index in [9.17, 15) is 28.9 Å². The maximum Gasteiger partial charge on any atom is 0.325 e. The van der Waals surface area contributed by atoms with Gasteiger partial charge in [0.05, 0.1) is 11.0 Å². The third-order valence-electron chi connectivity index (χ3n) is 5.34. The molecule has 0 aliphatic carbocycles. The van der Waals surface area contributed by atoms with Gasteiger partial charge in [0.2, 0.25) is 5.91 Å². The van der Waals surface area contributed by atoms with Crippen molar-refractivity contribution in [1.29, 1.82) is 0 Å². The van der Waals surface area contributed by atoms with Gasteiger partial charge >= 0.3 is 6.03 Å². The van der Waals surface area contributed by atoms with E-state index in [1.165, 1.54) is 0 Å². The van der Waals surface area contributed by atoms with E-state index in [0.29, 0.717) is 11.6 Å². The molecule has 0 spiro atoms. The van der Waals surface area contributed by atoms with Gasteiger partial charge in [-0.05, 0) is 35.6 Å². The van der Waals surface area contributed by atoms with Crippen LogP contribution < -0.4 is 10.6 Å². The van der Waals surface area contributed by atoms with E-state index in [0.717, 1.165) is 22.6 Å². The summed E-state index contributed by atoms with van der Waals surface area (Å²) in [7, 11) is 0. The molecule has 1 aliphatic heterocycles. The fourth-order valence-electron chi connectivity index (χ4n) is 3.43. The van der Waals surface area contributed by atoms with Crippen LogP contribution in [-0.2, 0) is 20.5 Å². The molecule has 2 N–H and O–H groups in total. The lowest BCUT2D eigenvalue weighted by Crippen LogP contribution is -2.42. The van der Waals surface area contributed by atoms with Crippen molar-refractivity contribution in [2.75, 3.05) is 11.9 Å². The zero-order chi connectivity index (χ0) is 23.8. The van der Waals surface area contributed by atoms with Crippen LogP contribution in [0, 0.1) is 15.9 Å². The van der Waals surface area contributed by atoms with Gasteiger partial charge in [-0.2, -0.15) is 0 Å². The van der Waals surface area contributed by atoms with E-state index in [2.05, 4.69) is 31.4 Å². The molecule has 1 saturated heterocycles. The van der Waals surface area contributed by atoms with Gasteiger partial charge in [-0.15, -0.1) is 0 Å². The van der Waals surface area contributed by atoms with Crippen molar-refractivity contribution in [3.63, 3.8) is 0 Å². The Balaban J connectivity index is 1.78. The summed E-state index contributed by atoms with van der Waals surface area (Å²) < 4.78 is 13.3. The summed E-state index contributed by atoms with van der Waals surface area (Å²) in [6.07, 6.45) is 0. The van der Waals surface area contributed by atoms with Gasteiger partial charge in [0, 0.05) is 0 Å². The van der Waals surface area contributed by atoms with Gasteiger partial charge in [-0.25, -0.2) is 9.18 Å². The fourth-order valence-corrected chi connectivity index (χ4v) is 3.43. The highest BCUT2D eigenvalue weighted by Gasteiger charge is 2.49. The number of hydrogen-bond donors (Lipinski definition) is 2. The molecule has 0 aromatic heterocycles. The lowest BCUT2D eigenvalue weighted by molar-refractivity contribution is -0.384. The second-order valence-corrected chi connectivity index (χ2v) is 8.74. The number of amides is 4. The number of carbonyl (C=O) groups is 3. The first-order valence-electron chi connectivity index (χ1n) is 9.82. The predicted molar refractivity (Wildman–Crippen MR) is 114 cm³/mol. The summed E-state index contributed by atoms with van der Waals surface area (Å²) in [4.78, 5) is 48.9. The lowest BCUT2D eigenvalue weighted by atomic mass is 9.84. The van der Waals surface area contributed by atoms with Crippen LogP contribution in [0.1, 0.15) is 38.8 Å². The van der Waals surface area contributed by atoms with Crippen molar-refractivity contribution in [2.24, 2.45) is 0 Å². The highest BCUT2D eigenvalue weighted by Crippen LogP contribution is 2.31. The number of carbonyl (C=O) groups excluding carboxylic acids is 3. The molecule has 1 atom stereocenters. The number of imide groups is 1. The molecular weight excluding hydrogens is 419 g/mol. The van der Waals surface area contributed by atoms with Gasteiger partial charge in [-0.1, -0.05) is 45.0 Å². The summed E-state index contributed by atoms with van der Waals surface area (Å²) in [6, 6.07) is 9.16. The minimum absolute atomic E-state index is 0.0878. The van der Waals surface area contributed by atoms with Crippen molar-refractivity contribution < 1.29 is 23.7 Å². The normalized spacial score (nSPS) is 18.5. The van der Waals surface area contributed by atoms with E-state index in [1.807, 2.05) is 12.1 Å². The third-order valence-corrected chi connectivity index (χ3v) is 5.34. The Hall–Kier alpha value is -3.82. The van der Waals surface area contributed by atoms with Crippen LogP contribution in [0.4, 0.5) is 20.6 Å². The zero-order valence-electron chi connectivity index (χ0n) is 18.1. The molecule has 0 bridgehead atoms. The minimum Gasteiger partial charge on any atom is -0.319 e. The molecule has 32 heavy (non-hydrogen) atoms. The first-order valence-corrected chi connectivity index (χ1v) is 9.82. The second kappa shape index (κ2) is 8.03. The van der Waals surface area contributed by atoms with Crippen molar-refractivity contribution in [3.05, 3.63) is 69.5 Å². The average Bonchev–Trinajstić information content (AvgIpc) is 2.92. The molecule has 168 valence electrons. The van der Waals surface area contributed by atoms with Crippen LogP contribution in [0.3, 0.4) is 0 Å². The Bertz CT molecular complexity index is 1110. The molecular formula is C22H23FN4O5. The molecule has 4 amide bonds. The SMILES string of the molecule is CC(C)(C)c1ccc([C@@]2(C)NC(=O)N(CC(=O)Nc3ccc(F)cc3[N+](=O)[O-])C2=O)cc1. The van der Waals surface area contributed by atoms with Crippen molar-refractivity contribution >= 4 is 29.2 Å². The number of nitrogens with one attached hydrogen (secondary N) is 2. The number of anilines is 1. The van der Waals surface area contributed by atoms with Gasteiger partial charge < -0.3 is 10.6 Å². The number of nitro benzene ring substituents is 1. The largest absolute Gasteiger partial charge is 0.325 e. The molecule has 0 radical (unpaired) electrons. The molecule has 1 heterocycles. The van der Waals surface area contributed by atoms with Crippen LogP contribution in [0.25, 0.3) is 0 Å². The third kappa shape index (κ3) is 4.29. The first-order chi connectivity index (χ1) is 14.8. The maximum absolute atomic E-state index is 13.3. The molecule has 9 nitrogen and oxygen atoms in total. The Kier molecular flexibility index (Phi) is 5.73. The zero-order valence-corrected chi connectivity index (χ0v) is 18.1. The number of halogens is 1. The molecule has 10 heteroatoms. The van der Waals surface area contributed by atoms with Crippen LogP contribution in [-0.4, -0.2) is 34.2 Å². The van der Waals surface area contributed by atoms with Gasteiger partial charge in [0.1, 0.15) is 23.6 Å². The highest BCUT2D eigenvalue weighted by atomic mass is 19.1. The van der Waals surface area contributed by atoms with Crippen LogP contribution in [0.2, 0.25) is 0 Å². The molecule has 0 unspecified atom stereocenters. The lowest BCUT2D eigenvalue weighted by Gasteiger charge is -2.24. The molecule has 3 rings (SSSR count). The van der Waals surface area contributed by atoms with Crippen LogP contribution >= 0.6 is 0 Å². The Labute approximate surface area is 183 Å². The smallest absolute Gasteiger partial charge is 0.319 e. The van der Waals surface area contributed by atoms with Gasteiger partial charge in [0.15, 0.2) is 0 Å². The standard InChI is InChI=1S/C22H23FN4O5/c1-21(2,3)13-5-7-14(8-6-13)22(4)19(29)26(20(30)25-22)12-18(28)24-16-10-9-15(23)11-17(16)27(31)32/h5-11H,12H2,1-4H3,(H,24,28)(H,25,30)/t22-/m1/s1. The molecule has 0 saturated carbocycles. The quantitative estimate of drug-likeness (QED) is 0.417. The van der Waals surface area contributed by atoms with Gasteiger partial charge in [0.25, 0.3) is 11.6 Å². The van der Waals surface area contributed by atoms with E-state index in [4.69, 9.17) is 0 Å². The van der Waals surface area contributed by atoms with Crippen molar-refractivity contribution in [1.82, 2.24) is 10.2 Å². The number of hydrogen-bond acceptors (Lipinski definition) is 5. The molecule has 1 fully saturated rings. The van der Waals surface area contributed by atoms with Crippen molar-refractivity contribution in [2.45, 2.75) is 38.6 Å².